The van der Waals surface area contributed by atoms with E-state index in [1.807, 2.05) is 37.3 Å². The number of hydrogen-bond donors (Lipinski definition) is 2. The highest BCUT2D eigenvalue weighted by atomic mass is 19.4. The molecule has 0 saturated heterocycles. The summed E-state index contributed by atoms with van der Waals surface area (Å²) >= 11 is 0. The molecule has 2 aromatic carbocycles. The predicted octanol–water partition coefficient (Wildman–Crippen LogP) is 4.16. The normalized spacial score (nSPS) is 17.3. The van der Waals surface area contributed by atoms with E-state index in [2.05, 4.69) is 15.1 Å². The smallest absolute Gasteiger partial charge is 0.489 e. The summed E-state index contributed by atoms with van der Waals surface area (Å²) in [5, 5.41) is 3.73. The molecular weight excluding hydrogens is 491 g/mol. The number of pyridine rings is 1. The molecule has 0 unspecified atom stereocenters. The summed E-state index contributed by atoms with van der Waals surface area (Å²) in [6.45, 7) is 2.23. The van der Waals surface area contributed by atoms with E-state index in [-0.39, 0.29) is 0 Å². The van der Waals surface area contributed by atoms with Crippen LogP contribution in [0, 0.1) is 12.8 Å². The monoisotopic (exact) mass is 515 g/mol. The molecule has 1 aliphatic rings. The van der Waals surface area contributed by atoms with E-state index in [9.17, 15) is 27.6 Å². The van der Waals surface area contributed by atoms with Crippen LogP contribution in [0.3, 0.4) is 0 Å². The lowest BCUT2D eigenvalue weighted by atomic mass is 10.0. The zero-order chi connectivity index (χ0) is 26.6. The molecule has 8 nitrogen and oxygen atoms in total. The summed E-state index contributed by atoms with van der Waals surface area (Å²) in [5.74, 6) is -4.14. The second-order valence-corrected chi connectivity index (χ2v) is 8.72. The minimum atomic E-state index is -5.22. The number of carbonyl (C=O) groups excluding carboxylic acids is 3. The summed E-state index contributed by atoms with van der Waals surface area (Å²) in [7, 11) is 0. The number of hydrogen-bond acceptors (Lipinski definition) is 6. The Morgan fingerprint density at radius 1 is 1.05 bits per heavy atom. The quantitative estimate of drug-likeness (QED) is 0.478. The molecule has 2 atom stereocenters. The highest BCUT2D eigenvalue weighted by Crippen LogP contribution is 2.27. The minimum absolute atomic E-state index is 0.313. The van der Waals surface area contributed by atoms with Crippen molar-refractivity contribution in [3.8, 4) is 5.75 Å². The van der Waals surface area contributed by atoms with E-state index >= 15 is 0 Å². The molecule has 37 heavy (non-hydrogen) atoms. The number of benzene rings is 2. The maximum Gasteiger partial charge on any atom is 0.493 e. The zero-order valence-corrected chi connectivity index (χ0v) is 19.8. The fourth-order valence-corrected chi connectivity index (χ4v) is 4.31. The second-order valence-electron chi connectivity index (χ2n) is 8.72. The van der Waals surface area contributed by atoms with Gasteiger partial charge in [0.05, 0.1) is 11.4 Å². The first-order valence-electron chi connectivity index (χ1n) is 11.6. The third kappa shape index (κ3) is 6.35. The van der Waals surface area contributed by atoms with Gasteiger partial charge < -0.3 is 14.9 Å². The molecule has 3 aromatic rings. The maximum atomic E-state index is 12.7. The maximum absolute atomic E-state index is 12.7. The Morgan fingerprint density at radius 2 is 1.78 bits per heavy atom. The molecule has 0 radical (unpaired) electrons. The van der Waals surface area contributed by atoms with Gasteiger partial charge in [0.25, 0.3) is 11.8 Å². The molecule has 0 spiro atoms. The van der Waals surface area contributed by atoms with Crippen LogP contribution in [0.4, 0.5) is 13.2 Å². The van der Waals surface area contributed by atoms with Gasteiger partial charge in [-0.15, -0.1) is 0 Å². The van der Waals surface area contributed by atoms with Crippen molar-refractivity contribution in [2.45, 2.75) is 45.0 Å². The van der Waals surface area contributed by atoms with Crippen LogP contribution in [0.1, 0.15) is 40.9 Å². The number of amides is 2. The first-order chi connectivity index (χ1) is 17.6. The van der Waals surface area contributed by atoms with Crippen LogP contribution < -0.4 is 15.5 Å². The molecule has 1 aliphatic carbocycles. The van der Waals surface area contributed by atoms with Crippen LogP contribution in [0.5, 0.6) is 5.75 Å². The first-order valence-corrected chi connectivity index (χ1v) is 11.6. The summed E-state index contributed by atoms with van der Waals surface area (Å²) in [5.41, 5.74) is 4.61. The number of halogens is 3. The summed E-state index contributed by atoms with van der Waals surface area (Å²) in [4.78, 5) is 44.1. The van der Waals surface area contributed by atoms with Crippen molar-refractivity contribution in [1.29, 1.82) is 0 Å². The van der Waals surface area contributed by atoms with Gasteiger partial charge in [-0.05, 0) is 56.2 Å². The number of alkyl halides is 3. The number of para-hydroxylation sites is 1. The SMILES string of the molecule is Cc1cc(COc2ccc(C(=O)N[C@H]3CCC[C@H]3C(=O)NOC(=O)C(F)(F)F)cc2)c2ccccc2n1. The summed E-state index contributed by atoms with van der Waals surface area (Å²) in [6.07, 6.45) is -3.86. The first kappa shape index (κ1) is 25.9. The zero-order valence-electron chi connectivity index (χ0n) is 19.8. The van der Waals surface area contributed by atoms with E-state index in [0.29, 0.717) is 37.2 Å². The van der Waals surface area contributed by atoms with Crippen LogP contribution in [0.2, 0.25) is 0 Å². The molecule has 2 N–H and O–H groups in total. The summed E-state index contributed by atoms with van der Waals surface area (Å²) in [6, 6.07) is 15.6. The average molecular weight is 515 g/mol. The number of aromatic nitrogens is 1. The molecule has 2 amide bonds. The van der Waals surface area contributed by atoms with E-state index in [1.54, 1.807) is 29.7 Å². The van der Waals surface area contributed by atoms with Crippen molar-refractivity contribution >= 4 is 28.7 Å². The highest BCUT2D eigenvalue weighted by molar-refractivity contribution is 5.95. The van der Waals surface area contributed by atoms with Gasteiger partial charge in [-0.1, -0.05) is 24.6 Å². The molecule has 1 aromatic heterocycles. The summed E-state index contributed by atoms with van der Waals surface area (Å²) < 4.78 is 42.7. The Hall–Kier alpha value is -4.15. The van der Waals surface area contributed by atoms with Crippen molar-refractivity contribution in [3.05, 3.63) is 71.4 Å². The Kier molecular flexibility index (Phi) is 7.61. The van der Waals surface area contributed by atoms with Crippen molar-refractivity contribution in [2.24, 2.45) is 5.92 Å². The largest absolute Gasteiger partial charge is 0.493 e. The lowest BCUT2D eigenvalue weighted by Crippen LogP contribution is -2.45. The van der Waals surface area contributed by atoms with E-state index in [4.69, 9.17) is 4.74 Å². The number of aryl methyl sites for hydroxylation is 1. The molecule has 0 aliphatic heterocycles. The molecule has 1 fully saturated rings. The second kappa shape index (κ2) is 10.9. The fraction of sp³-hybridized carbons (Fsp3) is 0.308. The predicted molar refractivity (Wildman–Crippen MR) is 126 cm³/mol. The Bertz CT molecular complexity index is 1310. The number of fused-ring (bicyclic) bond motifs is 1. The Labute approximate surface area is 210 Å². The topological polar surface area (TPSA) is 107 Å². The van der Waals surface area contributed by atoms with Crippen LogP contribution in [-0.4, -0.2) is 35.0 Å². The third-order valence-corrected chi connectivity index (χ3v) is 6.09. The molecule has 11 heteroatoms. The van der Waals surface area contributed by atoms with Gasteiger partial charge in [0.15, 0.2) is 0 Å². The van der Waals surface area contributed by atoms with Gasteiger partial charge in [-0.2, -0.15) is 18.7 Å². The molecule has 0 bridgehead atoms. The molecule has 194 valence electrons. The van der Waals surface area contributed by atoms with Gasteiger partial charge in [-0.25, -0.2) is 4.79 Å². The third-order valence-electron chi connectivity index (χ3n) is 6.09. The Balaban J connectivity index is 1.33. The molecular formula is C26H24F3N3O5. The van der Waals surface area contributed by atoms with Crippen molar-refractivity contribution in [3.63, 3.8) is 0 Å². The molecule has 4 rings (SSSR count). The number of nitrogens with zero attached hydrogens (tertiary/aromatic N) is 1. The van der Waals surface area contributed by atoms with Gasteiger partial charge in [0.1, 0.15) is 12.4 Å². The standard InChI is InChI=1S/C26H24F3N3O5/c1-15-13-17(19-5-2-3-7-21(19)30-15)14-36-18-11-9-16(10-12-18)23(33)31-22-8-4-6-20(22)24(34)32-37-25(35)26(27,28)29/h2-3,5,7,9-13,20,22H,4,6,8,14H2,1H3,(H,31,33)(H,32,34)/t20-,22+/m1/s1. The lowest BCUT2D eigenvalue weighted by Gasteiger charge is -2.20. The average Bonchev–Trinajstić information content (AvgIpc) is 3.33. The molecule has 1 saturated carbocycles. The van der Waals surface area contributed by atoms with Crippen molar-refractivity contribution < 1.29 is 37.1 Å². The van der Waals surface area contributed by atoms with Gasteiger partial charge in [0, 0.05) is 28.2 Å². The van der Waals surface area contributed by atoms with Gasteiger partial charge in [-0.3, -0.25) is 14.6 Å². The van der Waals surface area contributed by atoms with Gasteiger partial charge in [0.2, 0.25) is 0 Å². The van der Waals surface area contributed by atoms with Crippen LogP contribution in [0.15, 0.2) is 54.6 Å². The van der Waals surface area contributed by atoms with Crippen LogP contribution in [0.25, 0.3) is 10.9 Å². The van der Waals surface area contributed by atoms with E-state index in [1.165, 1.54) is 0 Å². The highest BCUT2D eigenvalue weighted by Gasteiger charge is 2.43. The van der Waals surface area contributed by atoms with E-state index in [0.717, 1.165) is 22.2 Å². The van der Waals surface area contributed by atoms with Gasteiger partial charge >= 0.3 is 12.1 Å². The minimum Gasteiger partial charge on any atom is -0.489 e. The number of carbonyl (C=O) groups is 3. The van der Waals surface area contributed by atoms with Crippen LogP contribution >= 0.6 is 0 Å². The van der Waals surface area contributed by atoms with E-state index < -0.39 is 35.9 Å². The number of hydroxylamine groups is 1. The number of nitrogens with one attached hydrogen (secondary N) is 2. The Morgan fingerprint density at radius 3 is 2.51 bits per heavy atom. The lowest BCUT2D eigenvalue weighted by molar-refractivity contribution is -0.208. The molecule has 1 heterocycles. The van der Waals surface area contributed by atoms with Crippen molar-refractivity contribution in [2.75, 3.05) is 0 Å². The fourth-order valence-electron chi connectivity index (χ4n) is 4.31. The number of rotatable bonds is 6. The number of ether oxygens (including phenoxy) is 1. The van der Waals surface area contributed by atoms with Crippen LogP contribution in [-0.2, 0) is 21.0 Å². The van der Waals surface area contributed by atoms with Crippen molar-refractivity contribution in [1.82, 2.24) is 15.8 Å².